The molecule has 0 radical (unpaired) electrons. The molecule has 0 fully saturated rings. The molecule has 4 aromatic rings. The Kier molecular flexibility index (Phi) is 6.09. The normalized spacial score (nSPS) is 10.8. The second-order valence-corrected chi connectivity index (χ2v) is 7.30. The summed E-state index contributed by atoms with van der Waals surface area (Å²) in [4.78, 5) is 22.4. The summed E-state index contributed by atoms with van der Waals surface area (Å²) in [5, 5.41) is 4.65. The number of aromatic nitrogens is 2. The number of carbonyl (C=O) groups excluding carboxylic acids is 1. The van der Waals surface area contributed by atoms with Gasteiger partial charge < -0.3 is 15.2 Å². The first kappa shape index (κ1) is 19.7. The number of fused-ring (bicyclic) bond motifs is 1. The van der Waals surface area contributed by atoms with Crippen LogP contribution in [0.15, 0.2) is 79.3 Å². The molecule has 2 heterocycles. The smallest absolute Gasteiger partial charge is 0.255 e. The van der Waals surface area contributed by atoms with E-state index in [9.17, 15) is 4.79 Å². The van der Waals surface area contributed by atoms with Crippen LogP contribution in [0.3, 0.4) is 0 Å². The number of nitrogens with zero attached hydrogens (tertiary/aromatic N) is 2. The fourth-order valence-electron chi connectivity index (χ4n) is 3.65. The van der Waals surface area contributed by atoms with E-state index in [0.717, 1.165) is 29.7 Å². The van der Waals surface area contributed by atoms with E-state index < -0.39 is 0 Å². The molecule has 5 nitrogen and oxygen atoms in total. The van der Waals surface area contributed by atoms with Crippen molar-refractivity contribution in [1.29, 1.82) is 0 Å². The lowest BCUT2D eigenvalue weighted by atomic mass is 10.1. The average Bonchev–Trinajstić information content (AvgIpc) is 3.21. The number of amides is 1. The van der Waals surface area contributed by atoms with Crippen LogP contribution in [0.1, 0.15) is 28.4 Å². The minimum Gasteiger partial charge on any atom is -0.383 e. The third kappa shape index (κ3) is 4.51. The maximum Gasteiger partial charge on any atom is 0.255 e. The Morgan fingerprint density at radius 2 is 1.87 bits per heavy atom. The number of aromatic amines is 1. The summed E-state index contributed by atoms with van der Waals surface area (Å²) in [6.45, 7) is 4.00. The van der Waals surface area contributed by atoms with Gasteiger partial charge in [0.2, 0.25) is 0 Å². The van der Waals surface area contributed by atoms with E-state index in [1.165, 1.54) is 10.9 Å². The summed E-state index contributed by atoms with van der Waals surface area (Å²) < 4.78 is 0. The highest BCUT2D eigenvalue weighted by atomic mass is 16.2. The molecular weight excluding hydrogens is 372 g/mol. The summed E-state index contributed by atoms with van der Waals surface area (Å²) in [5.41, 5.74) is 5.01. The number of H-pyrrole nitrogens is 1. The van der Waals surface area contributed by atoms with Crippen LogP contribution in [-0.4, -0.2) is 33.9 Å². The van der Waals surface area contributed by atoms with Crippen molar-refractivity contribution in [3.05, 3.63) is 95.9 Å². The van der Waals surface area contributed by atoms with E-state index in [-0.39, 0.29) is 5.91 Å². The van der Waals surface area contributed by atoms with Gasteiger partial charge in [0.15, 0.2) is 0 Å². The van der Waals surface area contributed by atoms with Crippen LogP contribution >= 0.6 is 0 Å². The van der Waals surface area contributed by atoms with Crippen molar-refractivity contribution in [1.82, 2.24) is 14.9 Å². The van der Waals surface area contributed by atoms with Gasteiger partial charge in [-0.05, 0) is 36.6 Å². The Morgan fingerprint density at radius 3 is 2.70 bits per heavy atom. The molecule has 0 unspecified atom stereocenters. The molecule has 30 heavy (non-hydrogen) atoms. The van der Waals surface area contributed by atoms with Crippen LogP contribution in [0.25, 0.3) is 10.9 Å². The third-order valence-electron chi connectivity index (χ3n) is 5.27. The zero-order chi connectivity index (χ0) is 20.8. The van der Waals surface area contributed by atoms with Gasteiger partial charge in [0, 0.05) is 49.1 Å². The standard InChI is InChI=1S/C25H26N4O/c1-2-29(18-19-8-4-3-5-9-19)25(30)21-14-22(17-26-15-21)27-13-12-20-16-28-24-11-7-6-10-23(20)24/h3-11,14-17,27-28H,2,12-13,18H2,1H3. The monoisotopic (exact) mass is 398 g/mol. The van der Waals surface area contributed by atoms with Crippen molar-refractivity contribution < 1.29 is 4.79 Å². The van der Waals surface area contributed by atoms with Gasteiger partial charge in [0.1, 0.15) is 0 Å². The number of pyridine rings is 1. The van der Waals surface area contributed by atoms with Gasteiger partial charge in [-0.3, -0.25) is 9.78 Å². The number of carbonyl (C=O) groups is 1. The predicted octanol–water partition coefficient (Wildman–Crippen LogP) is 4.88. The molecule has 0 aliphatic rings. The summed E-state index contributed by atoms with van der Waals surface area (Å²) in [7, 11) is 0. The van der Waals surface area contributed by atoms with Crippen molar-refractivity contribution in [2.24, 2.45) is 0 Å². The molecule has 0 saturated heterocycles. The molecule has 4 rings (SSSR count). The van der Waals surface area contributed by atoms with Gasteiger partial charge in [-0.2, -0.15) is 0 Å². The van der Waals surface area contributed by atoms with Crippen LogP contribution in [-0.2, 0) is 13.0 Å². The zero-order valence-corrected chi connectivity index (χ0v) is 17.1. The Bertz CT molecular complexity index is 1120. The van der Waals surface area contributed by atoms with Gasteiger partial charge in [-0.1, -0.05) is 48.5 Å². The summed E-state index contributed by atoms with van der Waals surface area (Å²) in [5.74, 6) is -0.00543. The number of anilines is 1. The van der Waals surface area contributed by atoms with Crippen LogP contribution in [0, 0.1) is 0 Å². The molecule has 2 aromatic carbocycles. The Morgan fingerprint density at radius 1 is 1.07 bits per heavy atom. The molecule has 0 aliphatic carbocycles. The second kappa shape index (κ2) is 9.27. The SMILES string of the molecule is CCN(Cc1ccccc1)C(=O)c1cncc(NCCc2c[nH]c3ccccc23)c1. The van der Waals surface area contributed by atoms with Gasteiger partial charge in [-0.15, -0.1) is 0 Å². The summed E-state index contributed by atoms with van der Waals surface area (Å²) in [6, 6.07) is 20.2. The number of hydrogen-bond acceptors (Lipinski definition) is 3. The van der Waals surface area contributed by atoms with Crippen LogP contribution in [0.5, 0.6) is 0 Å². The Hall–Kier alpha value is -3.60. The Labute approximate surface area is 176 Å². The van der Waals surface area contributed by atoms with Gasteiger partial charge in [0.05, 0.1) is 11.3 Å². The topological polar surface area (TPSA) is 61.0 Å². The molecule has 0 aliphatic heterocycles. The first-order valence-electron chi connectivity index (χ1n) is 10.3. The maximum absolute atomic E-state index is 13.0. The predicted molar refractivity (Wildman–Crippen MR) is 122 cm³/mol. The lowest BCUT2D eigenvalue weighted by Gasteiger charge is -2.21. The average molecular weight is 399 g/mol. The number of para-hydroxylation sites is 1. The highest BCUT2D eigenvalue weighted by molar-refractivity contribution is 5.94. The Balaban J connectivity index is 1.39. The molecule has 0 bridgehead atoms. The van der Waals surface area contributed by atoms with E-state index >= 15 is 0 Å². The number of benzene rings is 2. The van der Waals surface area contributed by atoms with E-state index in [1.807, 2.05) is 54.3 Å². The molecule has 5 heteroatoms. The summed E-state index contributed by atoms with van der Waals surface area (Å²) >= 11 is 0. The lowest BCUT2D eigenvalue weighted by molar-refractivity contribution is 0.0752. The van der Waals surface area contributed by atoms with Crippen LogP contribution in [0.2, 0.25) is 0 Å². The third-order valence-corrected chi connectivity index (χ3v) is 5.27. The fourth-order valence-corrected chi connectivity index (χ4v) is 3.65. The molecule has 2 aromatic heterocycles. The second-order valence-electron chi connectivity index (χ2n) is 7.30. The van der Waals surface area contributed by atoms with E-state index in [0.29, 0.717) is 18.7 Å². The van der Waals surface area contributed by atoms with Gasteiger partial charge >= 0.3 is 0 Å². The van der Waals surface area contributed by atoms with Crippen LogP contribution in [0.4, 0.5) is 5.69 Å². The molecule has 2 N–H and O–H groups in total. The van der Waals surface area contributed by atoms with Gasteiger partial charge in [0.25, 0.3) is 5.91 Å². The van der Waals surface area contributed by atoms with E-state index in [1.54, 1.807) is 12.4 Å². The fraction of sp³-hybridized carbons (Fsp3) is 0.200. The lowest BCUT2D eigenvalue weighted by Crippen LogP contribution is -2.30. The van der Waals surface area contributed by atoms with E-state index in [2.05, 4.69) is 39.7 Å². The first-order chi connectivity index (χ1) is 14.7. The number of hydrogen-bond donors (Lipinski definition) is 2. The van der Waals surface area contributed by atoms with Crippen molar-refractivity contribution in [2.45, 2.75) is 19.9 Å². The molecular formula is C25H26N4O. The van der Waals surface area contributed by atoms with Crippen molar-refractivity contribution >= 4 is 22.5 Å². The molecule has 0 atom stereocenters. The number of nitrogens with one attached hydrogen (secondary N) is 2. The highest BCUT2D eigenvalue weighted by Gasteiger charge is 2.15. The highest BCUT2D eigenvalue weighted by Crippen LogP contribution is 2.19. The zero-order valence-electron chi connectivity index (χ0n) is 17.1. The van der Waals surface area contributed by atoms with Crippen molar-refractivity contribution in [3.8, 4) is 0 Å². The quantitative estimate of drug-likeness (QED) is 0.445. The maximum atomic E-state index is 13.0. The van der Waals surface area contributed by atoms with Gasteiger partial charge in [-0.25, -0.2) is 0 Å². The van der Waals surface area contributed by atoms with Crippen molar-refractivity contribution in [3.63, 3.8) is 0 Å². The van der Waals surface area contributed by atoms with Crippen LogP contribution < -0.4 is 5.32 Å². The molecule has 0 saturated carbocycles. The molecule has 152 valence electrons. The van der Waals surface area contributed by atoms with E-state index in [4.69, 9.17) is 0 Å². The largest absolute Gasteiger partial charge is 0.383 e. The first-order valence-corrected chi connectivity index (χ1v) is 10.3. The number of rotatable bonds is 8. The minimum absolute atomic E-state index is 0.00543. The summed E-state index contributed by atoms with van der Waals surface area (Å²) in [6.07, 6.45) is 6.35. The van der Waals surface area contributed by atoms with Crippen molar-refractivity contribution in [2.75, 3.05) is 18.4 Å². The molecule has 0 spiro atoms. The molecule has 1 amide bonds. The minimum atomic E-state index is -0.00543.